The number of benzene rings is 5. The molecule has 0 amide bonds. The Bertz CT molecular complexity index is 2060. The van der Waals surface area contributed by atoms with E-state index in [-0.39, 0.29) is 5.41 Å². The first-order valence-corrected chi connectivity index (χ1v) is 13.9. The molecule has 0 fully saturated rings. The van der Waals surface area contributed by atoms with Gasteiger partial charge in [-0.05, 0) is 81.9 Å². The first kappa shape index (κ1) is 23.0. The van der Waals surface area contributed by atoms with E-state index in [1.165, 1.54) is 60.9 Å². The molecule has 0 aliphatic heterocycles. The Morgan fingerprint density at radius 1 is 0.525 bits per heavy atom. The zero-order valence-electron chi connectivity index (χ0n) is 22.6. The standard InChI is InChI=1S/C38H28N2/c1-38(2)33-19-18-27(35-16-8-9-20-39-35)22-30(33)31-23-32-29-15-6-7-17-36(29)40(37(32)24-34(31)38)28-14-10-13-26(21-28)25-11-4-3-5-12-25/h3-24H,1-2H3. The van der Waals surface area contributed by atoms with Gasteiger partial charge in [0, 0.05) is 33.6 Å². The van der Waals surface area contributed by atoms with Crippen molar-refractivity contribution < 1.29 is 0 Å². The molecule has 8 rings (SSSR count). The summed E-state index contributed by atoms with van der Waals surface area (Å²) in [4.78, 5) is 4.62. The van der Waals surface area contributed by atoms with Gasteiger partial charge in [0.25, 0.3) is 0 Å². The molecule has 0 saturated heterocycles. The van der Waals surface area contributed by atoms with Crippen LogP contribution in [0.5, 0.6) is 0 Å². The van der Waals surface area contributed by atoms with Crippen LogP contribution >= 0.6 is 0 Å². The Labute approximate surface area is 234 Å². The molecule has 0 N–H and O–H groups in total. The van der Waals surface area contributed by atoms with Crippen LogP contribution < -0.4 is 0 Å². The summed E-state index contributed by atoms with van der Waals surface area (Å²) in [5, 5.41) is 2.56. The zero-order chi connectivity index (χ0) is 26.8. The summed E-state index contributed by atoms with van der Waals surface area (Å²) in [6.45, 7) is 4.71. The summed E-state index contributed by atoms with van der Waals surface area (Å²) >= 11 is 0. The smallest absolute Gasteiger partial charge is 0.0702 e. The molecule has 2 heterocycles. The number of para-hydroxylation sites is 1. The van der Waals surface area contributed by atoms with Gasteiger partial charge in [0.05, 0.1) is 16.7 Å². The Morgan fingerprint density at radius 2 is 1.30 bits per heavy atom. The average Bonchev–Trinajstić information content (AvgIpc) is 3.45. The van der Waals surface area contributed by atoms with E-state index >= 15 is 0 Å². The van der Waals surface area contributed by atoms with Gasteiger partial charge in [-0.2, -0.15) is 0 Å². The van der Waals surface area contributed by atoms with E-state index in [9.17, 15) is 0 Å². The minimum Gasteiger partial charge on any atom is -0.309 e. The third kappa shape index (κ3) is 3.32. The highest BCUT2D eigenvalue weighted by Crippen LogP contribution is 2.51. The fourth-order valence-electron chi connectivity index (χ4n) is 6.64. The molecule has 1 aliphatic rings. The van der Waals surface area contributed by atoms with Crippen LogP contribution in [0.3, 0.4) is 0 Å². The lowest BCUT2D eigenvalue weighted by atomic mass is 9.82. The van der Waals surface area contributed by atoms with Crippen molar-refractivity contribution in [2.45, 2.75) is 19.3 Å². The molecule has 2 heteroatoms. The quantitative estimate of drug-likeness (QED) is 0.230. The molecule has 7 aromatic rings. The third-order valence-corrected chi connectivity index (χ3v) is 8.64. The van der Waals surface area contributed by atoms with E-state index in [0.717, 1.165) is 11.3 Å². The number of nitrogens with zero attached hydrogens (tertiary/aromatic N) is 2. The molecule has 0 saturated carbocycles. The summed E-state index contributed by atoms with van der Waals surface area (Å²) in [6, 6.07) is 46.2. The Morgan fingerprint density at radius 3 is 2.15 bits per heavy atom. The Balaban J connectivity index is 1.39. The second-order valence-electron chi connectivity index (χ2n) is 11.3. The average molecular weight is 513 g/mol. The number of hydrogen-bond acceptors (Lipinski definition) is 1. The predicted octanol–water partition coefficient (Wildman–Crippen LogP) is 9.82. The van der Waals surface area contributed by atoms with E-state index in [1.807, 2.05) is 12.3 Å². The largest absolute Gasteiger partial charge is 0.309 e. The molecule has 2 aromatic heterocycles. The van der Waals surface area contributed by atoms with Gasteiger partial charge in [-0.25, -0.2) is 0 Å². The molecule has 2 nitrogen and oxygen atoms in total. The van der Waals surface area contributed by atoms with Crippen LogP contribution in [0.4, 0.5) is 0 Å². The molecule has 0 radical (unpaired) electrons. The summed E-state index contributed by atoms with van der Waals surface area (Å²) in [5.74, 6) is 0. The lowest BCUT2D eigenvalue weighted by molar-refractivity contribution is 0.661. The molecule has 5 aromatic carbocycles. The van der Waals surface area contributed by atoms with Gasteiger partial charge >= 0.3 is 0 Å². The highest BCUT2D eigenvalue weighted by atomic mass is 15.0. The van der Waals surface area contributed by atoms with E-state index in [2.05, 4.69) is 145 Å². The van der Waals surface area contributed by atoms with Crippen molar-refractivity contribution in [3.05, 3.63) is 145 Å². The third-order valence-electron chi connectivity index (χ3n) is 8.64. The van der Waals surface area contributed by atoms with Gasteiger partial charge in [0.15, 0.2) is 0 Å². The minimum atomic E-state index is -0.103. The summed E-state index contributed by atoms with van der Waals surface area (Å²) < 4.78 is 2.44. The molecule has 0 bridgehead atoms. The van der Waals surface area contributed by atoms with Crippen LogP contribution in [-0.4, -0.2) is 9.55 Å². The molecule has 0 spiro atoms. The monoisotopic (exact) mass is 512 g/mol. The van der Waals surface area contributed by atoms with Gasteiger partial charge in [-0.15, -0.1) is 0 Å². The molecular formula is C38H28N2. The van der Waals surface area contributed by atoms with Crippen molar-refractivity contribution in [1.82, 2.24) is 9.55 Å². The van der Waals surface area contributed by atoms with Crippen LogP contribution in [-0.2, 0) is 5.41 Å². The van der Waals surface area contributed by atoms with Crippen molar-refractivity contribution in [2.24, 2.45) is 0 Å². The summed E-state index contributed by atoms with van der Waals surface area (Å²) in [7, 11) is 0. The number of pyridine rings is 1. The molecule has 0 atom stereocenters. The molecule has 40 heavy (non-hydrogen) atoms. The number of aromatic nitrogens is 2. The van der Waals surface area contributed by atoms with E-state index < -0.39 is 0 Å². The normalized spacial score (nSPS) is 13.4. The summed E-state index contributed by atoms with van der Waals surface area (Å²) in [6.07, 6.45) is 1.87. The maximum absolute atomic E-state index is 4.62. The molecule has 190 valence electrons. The number of rotatable bonds is 3. The molecular weight excluding hydrogens is 484 g/mol. The second kappa shape index (κ2) is 8.53. The zero-order valence-corrected chi connectivity index (χ0v) is 22.6. The van der Waals surface area contributed by atoms with Crippen LogP contribution in [0, 0.1) is 0 Å². The number of fused-ring (bicyclic) bond motifs is 6. The van der Waals surface area contributed by atoms with Gasteiger partial charge in [0.2, 0.25) is 0 Å². The first-order chi connectivity index (χ1) is 19.6. The SMILES string of the molecule is CC1(C)c2ccc(-c3ccccn3)cc2-c2cc3c4ccccc4n(-c4cccc(-c5ccccc5)c4)c3cc21. The van der Waals surface area contributed by atoms with Crippen LogP contribution in [0.1, 0.15) is 25.0 Å². The van der Waals surface area contributed by atoms with Gasteiger partial charge in [-0.1, -0.05) is 92.7 Å². The molecule has 1 aliphatic carbocycles. The van der Waals surface area contributed by atoms with Gasteiger partial charge < -0.3 is 4.57 Å². The lowest BCUT2D eigenvalue weighted by Gasteiger charge is -2.22. The second-order valence-corrected chi connectivity index (χ2v) is 11.3. The first-order valence-electron chi connectivity index (χ1n) is 13.9. The topological polar surface area (TPSA) is 17.8 Å². The van der Waals surface area contributed by atoms with Gasteiger partial charge in [0.1, 0.15) is 0 Å². The fraction of sp³-hybridized carbons (Fsp3) is 0.0789. The highest BCUT2D eigenvalue weighted by Gasteiger charge is 2.36. The van der Waals surface area contributed by atoms with Gasteiger partial charge in [-0.3, -0.25) is 4.98 Å². The summed E-state index contributed by atoms with van der Waals surface area (Å²) in [5.41, 5.74) is 13.5. The minimum absolute atomic E-state index is 0.103. The Kier molecular flexibility index (Phi) is 4.90. The Hall–Kier alpha value is -4.95. The van der Waals surface area contributed by atoms with Crippen LogP contribution in [0.2, 0.25) is 0 Å². The maximum atomic E-state index is 4.62. The lowest BCUT2D eigenvalue weighted by Crippen LogP contribution is -2.15. The maximum Gasteiger partial charge on any atom is 0.0702 e. The van der Waals surface area contributed by atoms with E-state index in [0.29, 0.717) is 0 Å². The molecule has 0 unspecified atom stereocenters. The van der Waals surface area contributed by atoms with Crippen molar-refractivity contribution in [2.75, 3.05) is 0 Å². The van der Waals surface area contributed by atoms with E-state index in [4.69, 9.17) is 0 Å². The van der Waals surface area contributed by atoms with Crippen molar-refractivity contribution >= 4 is 21.8 Å². The van der Waals surface area contributed by atoms with Crippen LogP contribution in [0.25, 0.3) is 61.0 Å². The number of hydrogen-bond donors (Lipinski definition) is 0. The van der Waals surface area contributed by atoms with E-state index in [1.54, 1.807) is 0 Å². The van der Waals surface area contributed by atoms with Crippen LogP contribution in [0.15, 0.2) is 134 Å². The highest BCUT2D eigenvalue weighted by molar-refractivity contribution is 6.11. The fourth-order valence-corrected chi connectivity index (χ4v) is 6.64. The van der Waals surface area contributed by atoms with Crippen molar-refractivity contribution in [1.29, 1.82) is 0 Å². The van der Waals surface area contributed by atoms with Crippen molar-refractivity contribution in [3.8, 4) is 39.2 Å². The van der Waals surface area contributed by atoms with Crippen molar-refractivity contribution in [3.63, 3.8) is 0 Å². The predicted molar refractivity (Wildman–Crippen MR) is 167 cm³/mol.